The molecular formula is C12H18N. The minimum Gasteiger partial charge on any atom is -0.371 e. The van der Waals surface area contributed by atoms with E-state index in [-0.39, 0.29) is 0 Å². The van der Waals surface area contributed by atoms with Crippen LogP contribution in [0.4, 0.5) is 5.69 Å². The molecule has 0 aliphatic rings. The zero-order valence-corrected chi connectivity index (χ0v) is 8.59. The molecule has 0 heterocycles. The van der Waals surface area contributed by atoms with Crippen molar-refractivity contribution in [2.75, 3.05) is 18.0 Å². The van der Waals surface area contributed by atoms with E-state index in [0.717, 1.165) is 13.1 Å². The van der Waals surface area contributed by atoms with Gasteiger partial charge in [0.2, 0.25) is 0 Å². The Labute approximate surface area is 81.4 Å². The molecule has 1 radical (unpaired) electrons. The maximum Gasteiger partial charge on any atom is 0.0446 e. The van der Waals surface area contributed by atoms with Crippen LogP contribution < -0.4 is 4.90 Å². The second kappa shape index (κ2) is 5.63. The molecule has 13 heavy (non-hydrogen) atoms. The van der Waals surface area contributed by atoms with Crippen LogP contribution in [0.5, 0.6) is 0 Å². The third kappa shape index (κ3) is 3.10. The van der Waals surface area contributed by atoms with Gasteiger partial charge in [0.25, 0.3) is 0 Å². The standard InChI is InChI=1S/C12H18N/c1-3-10-13(11-4-2)12-8-6-5-7-9-12/h5-8H,3-4,10-11H2,1-2H3. The normalized spacial score (nSPS) is 10.0. The molecule has 0 unspecified atom stereocenters. The molecule has 1 heteroatoms. The molecule has 0 aliphatic heterocycles. The largest absolute Gasteiger partial charge is 0.371 e. The topological polar surface area (TPSA) is 3.24 Å². The van der Waals surface area contributed by atoms with Crippen molar-refractivity contribution in [2.24, 2.45) is 0 Å². The molecule has 71 valence electrons. The molecule has 0 amide bonds. The van der Waals surface area contributed by atoms with Crippen molar-refractivity contribution < 1.29 is 0 Å². The molecule has 1 nitrogen and oxygen atoms in total. The van der Waals surface area contributed by atoms with Crippen molar-refractivity contribution in [1.82, 2.24) is 0 Å². The van der Waals surface area contributed by atoms with Gasteiger partial charge in [-0.15, -0.1) is 0 Å². The Hall–Kier alpha value is -0.980. The Bertz CT molecular complexity index is 212. The quantitative estimate of drug-likeness (QED) is 0.666. The van der Waals surface area contributed by atoms with Gasteiger partial charge in [0.1, 0.15) is 0 Å². The highest BCUT2D eigenvalue weighted by Gasteiger charge is 2.02. The van der Waals surface area contributed by atoms with Gasteiger partial charge < -0.3 is 4.90 Å². The third-order valence-electron chi connectivity index (χ3n) is 2.02. The van der Waals surface area contributed by atoms with E-state index in [1.807, 2.05) is 12.1 Å². The van der Waals surface area contributed by atoms with E-state index < -0.39 is 0 Å². The first-order valence-corrected chi connectivity index (χ1v) is 5.10. The first kappa shape index (κ1) is 10.1. The fourth-order valence-corrected chi connectivity index (χ4v) is 1.47. The van der Waals surface area contributed by atoms with E-state index in [0.29, 0.717) is 0 Å². The van der Waals surface area contributed by atoms with E-state index in [4.69, 9.17) is 0 Å². The van der Waals surface area contributed by atoms with Crippen molar-refractivity contribution in [3.63, 3.8) is 0 Å². The Kier molecular flexibility index (Phi) is 4.37. The molecule has 0 atom stereocenters. The molecular weight excluding hydrogens is 158 g/mol. The summed E-state index contributed by atoms with van der Waals surface area (Å²) in [6.45, 7) is 6.69. The summed E-state index contributed by atoms with van der Waals surface area (Å²) in [4.78, 5) is 2.39. The molecule has 0 aliphatic carbocycles. The van der Waals surface area contributed by atoms with E-state index in [2.05, 4.69) is 36.9 Å². The molecule has 1 aromatic carbocycles. The van der Waals surface area contributed by atoms with Gasteiger partial charge in [-0.2, -0.15) is 0 Å². The average Bonchev–Trinajstić information content (AvgIpc) is 2.19. The molecule has 1 aromatic rings. The summed E-state index contributed by atoms with van der Waals surface area (Å²) in [5.74, 6) is 0. The first-order valence-electron chi connectivity index (χ1n) is 5.10. The molecule has 0 bridgehead atoms. The van der Waals surface area contributed by atoms with Crippen molar-refractivity contribution in [3.05, 3.63) is 30.3 Å². The number of hydrogen-bond acceptors (Lipinski definition) is 1. The summed E-state index contributed by atoms with van der Waals surface area (Å²) >= 11 is 0. The summed E-state index contributed by atoms with van der Waals surface area (Å²) in [6.07, 6.45) is 2.39. The summed E-state index contributed by atoms with van der Waals surface area (Å²) in [5.41, 5.74) is 1.23. The molecule has 0 N–H and O–H groups in total. The predicted octanol–water partition coefficient (Wildman–Crippen LogP) is 3.11. The van der Waals surface area contributed by atoms with E-state index >= 15 is 0 Å². The number of para-hydroxylation sites is 1. The summed E-state index contributed by atoms with van der Waals surface area (Å²) in [6, 6.07) is 11.5. The van der Waals surface area contributed by atoms with Gasteiger partial charge in [0.05, 0.1) is 0 Å². The van der Waals surface area contributed by atoms with Crippen LogP contribution >= 0.6 is 0 Å². The Morgan fingerprint density at radius 2 is 1.85 bits per heavy atom. The first-order chi connectivity index (χ1) is 6.38. The Morgan fingerprint density at radius 3 is 2.31 bits per heavy atom. The van der Waals surface area contributed by atoms with E-state index in [1.54, 1.807) is 0 Å². The average molecular weight is 176 g/mol. The van der Waals surface area contributed by atoms with E-state index in [1.165, 1.54) is 18.5 Å². The van der Waals surface area contributed by atoms with Gasteiger partial charge in [-0.1, -0.05) is 32.0 Å². The molecule has 0 spiro atoms. The molecule has 0 fully saturated rings. The predicted molar refractivity (Wildman–Crippen MR) is 58.1 cm³/mol. The summed E-state index contributed by atoms with van der Waals surface area (Å²) < 4.78 is 0. The van der Waals surface area contributed by atoms with Gasteiger partial charge >= 0.3 is 0 Å². The Balaban J connectivity index is 2.64. The monoisotopic (exact) mass is 176 g/mol. The third-order valence-corrected chi connectivity index (χ3v) is 2.02. The molecule has 0 saturated heterocycles. The molecule has 0 saturated carbocycles. The van der Waals surface area contributed by atoms with Gasteiger partial charge in [-0.05, 0) is 18.9 Å². The maximum atomic E-state index is 3.26. The van der Waals surface area contributed by atoms with Gasteiger partial charge in [0.15, 0.2) is 0 Å². The summed E-state index contributed by atoms with van der Waals surface area (Å²) in [7, 11) is 0. The number of benzene rings is 1. The van der Waals surface area contributed by atoms with Crippen LogP contribution in [0.3, 0.4) is 0 Å². The number of hydrogen-bond donors (Lipinski definition) is 0. The minimum atomic E-state index is 1.13. The fraction of sp³-hybridized carbons (Fsp3) is 0.500. The zero-order valence-electron chi connectivity index (χ0n) is 8.59. The van der Waals surface area contributed by atoms with Gasteiger partial charge in [-0.3, -0.25) is 0 Å². The second-order valence-corrected chi connectivity index (χ2v) is 3.23. The van der Waals surface area contributed by atoms with E-state index in [9.17, 15) is 0 Å². The molecule has 0 aromatic heterocycles. The van der Waals surface area contributed by atoms with Crippen molar-refractivity contribution >= 4 is 5.69 Å². The van der Waals surface area contributed by atoms with Gasteiger partial charge in [0, 0.05) is 24.8 Å². The van der Waals surface area contributed by atoms with Crippen LogP contribution in [0.15, 0.2) is 24.3 Å². The Morgan fingerprint density at radius 1 is 1.15 bits per heavy atom. The van der Waals surface area contributed by atoms with Crippen LogP contribution in [0.2, 0.25) is 0 Å². The summed E-state index contributed by atoms with van der Waals surface area (Å²) in [5, 5.41) is 0. The molecule has 1 rings (SSSR count). The lowest BCUT2D eigenvalue weighted by atomic mass is 10.2. The van der Waals surface area contributed by atoms with Crippen molar-refractivity contribution in [3.8, 4) is 0 Å². The van der Waals surface area contributed by atoms with Crippen molar-refractivity contribution in [1.29, 1.82) is 0 Å². The number of nitrogens with zero attached hydrogens (tertiary/aromatic N) is 1. The number of anilines is 1. The van der Waals surface area contributed by atoms with Crippen LogP contribution in [0.1, 0.15) is 26.7 Å². The smallest absolute Gasteiger partial charge is 0.0446 e. The van der Waals surface area contributed by atoms with Crippen LogP contribution in [0.25, 0.3) is 0 Å². The highest BCUT2D eigenvalue weighted by molar-refractivity contribution is 5.44. The van der Waals surface area contributed by atoms with Crippen LogP contribution in [0, 0.1) is 6.07 Å². The van der Waals surface area contributed by atoms with Crippen molar-refractivity contribution in [2.45, 2.75) is 26.7 Å². The highest BCUT2D eigenvalue weighted by atomic mass is 15.1. The highest BCUT2D eigenvalue weighted by Crippen LogP contribution is 2.12. The number of rotatable bonds is 5. The SMILES string of the molecule is CCCN(CCC)c1[c]cccc1. The second-order valence-electron chi connectivity index (χ2n) is 3.23. The lowest BCUT2D eigenvalue weighted by Gasteiger charge is -2.23. The maximum absolute atomic E-state index is 3.26. The lowest BCUT2D eigenvalue weighted by Crippen LogP contribution is -2.24. The fourth-order valence-electron chi connectivity index (χ4n) is 1.47. The minimum absolute atomic E-state index is 1.13. The van der Waals surface area contributed by atoms with Crippen LogP contribution in [-0.4, -0.2) is 13.1 Å². The lowest BCUT2D eigenvalue weighted by molar-refractivity contribution is 0.744. The van der Waals surface area contributed by atoms with Crippen LogP contribution in [-0.2, 0) is 0 Å². The van der Waals surface area contributed by atoms with Gasteiger partial charge in [-0.25, -0.2) is 0 Å². The zero-order chi connectivity index (χ0) is 9.52.